The number of para-hydroxylation sites is 1. The Morgan fingerprint density at radius 2 is 1.80 bits per heavy atom. The van der Waals surface area contributed by atoms with E-state index in [4.69, 9.17) is 21.7 Å². The van der Waals surface area contributed by atoms with Gasteiger partial charge in [0.25, 0.3) is 5.91 Å². The van der Waals surface area contributed by atoms with Crippen molar-refractivity contribution in [2.45, 2.75) is 11.9 Å². The Hall–Kier alpha value is -3.09. The molecule has 0 aromatic heterocycles. The first-order valence-electron chi connectivity index (χ1n) is 9.47. The molecule has 3 aromatic rings. The number of nitrogens with zero attached hydrogens (tertiary/aromatic N) is 3. The van der Waals surface area contributed by atoms with Gasteiger partial charge in [-0.05, 0) is 29.3 Å². The Labute approximate surface area is 182 Å². The van der Waals surface area contributed by atoms with Gasteiger partial charge >= 0.3 is 0 Å². The van der Waals surface area contributed by atoms with E-state index >= 15 is 0 Å². The van der Waals surface area contributed by atoms with Crippen LogP contribution in [0.2, 0.25) is 5.02 Å². The second-order valence-corrected chi connectivity index (χ2v) is 8.30. The second kappa shape index (κ2) is 7.97. The van der Waals surface area contributed by atoms with E-state index in [2.05, 4.69) is 17.4 Å². The van der Waals surface area contributed by atoms with E-state index in [1.807, 2.05) is 66.7 Å². The van der Waals surface area contributed by atoms with Gasteiger partial charge in [-0.3, -0.25) is 15.1 Å². The molecule has 0 aliphatic carbocycles. The van der Waals surface area contributed by atoms with E-state index in [0.29, 0.717) is 21.6 Å². The lowest BCUT2D eigenvalue weighted by Gasteiger charge is -2.34. The number of carbonyl (C=O) groups excluding carboxylic acids is 1. The van der Waals surface area contributed by atoms with Crippen molar-refractivity contribution >= 4 is 40.1 Å². The fourth-order valence-electron chi connectivity index (χ4n) is 3.50. The second-order valence-electron chi connectivity index (χ2n) is 6.90. The maximum Gasteiger partial charge on any atom is 0.276 e. The van der Waals surface area contributed by atoms with Gasteiger partial charge < -0.3 is 0 Å². The van der Waals surface area contributed by atoms with Gasteiger partial charge in [0, 0.05) is 16.0 Å². The summed E-state index contributed by atoms with van der Waals surface area (Å²) in [6, 6.07) is 25.2. The molecule has 0 saturated heterocycles. The molecule has 2 aliphatic heterocycles. The summed E-state index contributed by atoms with van der Waals surface area (Å²) in [6.07, 6.45) is -0.466. The van der Waals surface area contributed by atoms with Gasteiger partial charge in [-0.1, -0.05) is 84.0 Å². The molecule has 1 N–H and O–H groups in total. The third-order valence-electron chi connectivity index (χ3n) is 4.88. The molecule has 2 aliphatic rings. The van der Waals surface area contributed by atoms with Gasteiger partial charge in [0.05, 0.1) is 5.36 Å². The van der Waals surface area contributed by atoms with Crippen molar-refractivity contribution in [3.05, 3.63) is 106 Å². The van der Waals surface area contributed by atoms with E-state index in [1.54, 1.807) is 5.01 Å². The maximum atomic E-state index is 13.1. The van der Waals surface area contributed by atoms with E-state index in [-0.39, 0.29) is 5.91 Å². The van der Waals surface area contributed by atoms with Crippen LogP contribution in [0.25, 0.3) is 5.70 Å². The molecule has 0 bridgehead atoms. The lowest BCUT2D eigenvalue weighted by Crippen LogP contribution is -2.50. The minimum Gasteiger partial charge on any atom is -0.298 e. The molecular formula is C23H17ClN4OS. The van der Waals surface area contributed by atoms with Crippen molar-refractivity contribution in [2.24, 2.45) is 10.1 Å². The third-order valence-corrected chi connectivity index (χ3v) is 6.05. The molecule has 2 heterocycles. The molecule has 5 rings (SSSR count). The first-order chi connectivity index (χ1) is 14.7. The minimum atomic E-state index is -0.466. The Balaban J connectivity index is 1.58. The van der Waals surface area contributed by atoms with Gasteiger partial charge in [-0.25, -0.2) is 5.01 Å². The first kappa shape index (κ1) is 18.9. The Bertz CT molecular complexity index is 1280. The lowest BCUT2D eigenvalue weighted by molar-refractivity contribution is -0.116. The fraction of sp³-hybridized carbons (Fsp3) is 0.0870. The number of hydrogen-bond donors (Lipinski definition) is 1. The summed E-state index contributed by atoms with van der Waals surface area (Å²) in [5.41, 5.74) is 2.53. The SMILES string of the molecule is O=C1NC(SCc2ccccc2)=NN2C1=c1ccccc1=N[C@H]2c1cccc(Cl)c1. The van der Waals surface area contributed by atoms with Crippen LogP contribution < -0.4 is 15.9 Å². The van der Waals surface area contributed by atoms with Crippen molar-refractivity contribution in [1.29, 1.82) is 0 Å². The summed E-state index contributed by atoms with van der Waals surface area (Å²) in [6.45, 7) is 0. The number of thioether (sulfide) groups is 1. The topological polar surface area (TPSA) is 57.1 Å². The highest BCUT2D eigenvalue weighted by molar-refractivity contribution is 8.13. The summed E-state index contributed by atoms with van der Waals surface area (Å²) in [5.74, 6) is 0.522. The summed E-state index contributed by atoms with van der Waals surface area (Å²) >= 11 is 7.72. The molecule has 3 aromatic carbocycles. The highest BCUT2D eigenvalue weighted by Crippen LogP contribution is 2.32. The Kier molecular flexibility index (Phi) is 5.02. The average molecular weight is 433 g/mol. The zero-order valence-electron chi connectivity index (χ0n) is 15.8. The van der Waals surface area contributed by atoms with Gasteiger partial charge in [-0.2, -0.15) is 0 Å². The molecular weight excluding hydrogens is 416 g/mol. The van der Waals surface area contributed by atoms with Crippen LogP contribution in [0.3, 0.4) is 0 Å². The number of hydrogen-bond acceptors (Lipinski definition) is 5. The van der Waals surface area contributed by atoms with E-state index < -0.39 is 6.17 Å². The van der Waals surface area contributed by atoms with Crippen LogP contribution >= 0.6 is 23.4 Å². The van der Waals surface area contributed by atoms with Crippen molar-refractivity contribution in [3.63, 3.8) is 0 Å². The number of halogens is 1. The normalized spacial score (nSPS) is 17.4. The summed E-state index contributed by atoms with van der Waals surface area (Å²) in [4.78, 5) is 18.0. The molecule has 30 heavy (non-hydrogen) atoms. The number of amides is 1. The number of rotatable bonds is 3. The largest absolute Gasteiger partial charge is 0.298 e. The number of carbonyl (C=O) groups is 1. The molecule has 0 saturated carbocycles. The third kappa shape index (κ3) is 3.60. The highest BCUT2D eigenvalue weighted by atomic mass is 35.5. The van der Waals surface area contributed by atoms with Crippen LogP contribution in [0.1, 0.15) is 17.3 Å². The quantitative estimate of drug-likeness (QED) is 0.690. The Morgan fingerprint density at radius 3 is 2.63 bits per heavy atom. The maximum absolute atomic E-state index is 13.1. The molecule has 5 nitrogen and oxygen atoms in total. The lowest BCUT2D eigenvalue weighted by atomic mass is 10.1. The predicted octanol–water partition coefficient (Wildman–Crippen LogP) is 3.42. The molecule has 0 spiro atoms. The first-order valence-corrected chi connectivity index (χ1v) is 10.8. The fourth-order valence-corrected chi connectivity index (χ4v) is 4.51. The molecule has 1 amide bonds. The number of hydrazone groups is 1. The van der Waals surface area contributed by atoms with E-state index in [0.717, 1.165) is 21.7 Å². The van der Waals surface area contributed by atoms with E-state index in [1.165, 1.54) is 11.8 Å². The zero-order chi connectivity index (χ0) is 20.5. The highest BCUT2D eigenvalue weighted by Gasteiger charge is 2.34. The standard InChI is InChI=1S/C23H17ClN4OS/c24-17-10-6-9-16(13-17)21-25-19-12-5-4-11-18(19)20-22(29)26-23(27-28(20)21)30-14-15-7-2-1-3-8-15/h1-13,21H,14H2,(H,26,27,29)/t21-/m1/s1. The van der Waals surface area contributed by atoms with Crippen LogP contribution in [0.4, 0.5) is 0 Å². The van der Waals surface area contributed by atoms with Gasteiger partial charge in [0.2, 0.25) is 0 Å². The molecule has 7 heteroatoms. The smallest absolute Gasteiger partial charge is 0.276 e. The van der Waals surface area contributed by atoms with Gasteiger partial charge in [0.1, 0.15) is 5.70 Å². The van der Waals surface area contributed by atoms with Crippen molar-refractivity contribution in [3.8, 4) is 0 Å². The molecule has 0 fully saturated rings. The van der Waals surface area contributed by atoms with Crippen LogP contribution in [0, 0.1) is 0 Å². The Morgan fingerprint density at radius 1 is 1.00 bits per heavy atom. The van der Waals surface area contributed by atoms with Crippen LogP contribution in [0.5, 0.6) is 0 Å². The van der Waals surface area contributed by atoms with Crippen molar-refractivity contribution < 1.29 is 4.79 Å². The molecule has 1 atom stereocenters. The van der Waals surface area contributed by atoms with Crippen molar-refractivity contribution in [1.82, 2.24) is 10.3 Å². The van der Waals surface area contributed by atoms with Crippen LogP contribution in [-0.2, 0) is 10.5 Å². The molecule has 148 valence electrons. The number of nitrogens with one attached hydrogen (secondary N) is 1. The van der Waals surface area contributed by atoms with Crippen LogP contribution in [-0.4, -0.2) is 16.1 Å². The zero-order valence-corrected chi connectivity index (χ0v) is 17.4. The monoisotopic (exact) mass is 432 g/mol. The summed E-state index contributed by atoms with van der Waals surface area (Å²) in [5, 5.41) is 12.1. The number of benzene rings is 3. The van der Waals surface area contributed by atoms with Crippen LogP contribution in [0.15, 0.2) is 89.0 Å². The summed E-state index contributed by atoms with van der Waals surface area (Å²) in [7, 11) is 0. The molecule has 0 radical (unpaired) electrons. The number of amidine groups is 1. The number of fused-ring (bicyclic) bond motifs is 2. The average Bonchev–Trinajstić information content (AvgIpc) is 2.77. The van der Waals surface area contributed by atoms with Gasteiger partial charge in [-0.15, -0.1) is 5.10 Å². The minimum absolute atomic E-state index is 0.185. The van der Waals surface area contributed by atoms with Gasteiger partial charge in [0.15, 0.2) is 11.3 Å². The summed E-state index contributed by atoms with van der Waals surface area (Å²) < 4.78 is 0. The molecule has 0 unspecified atom stereocenters. The predicted molar refractivity (Wildman–Crippen MR) is 120 cm³/mol. The van der Waals surface area contributed by atoms with E-state index in [9.17, 15) is 4.79 Å². The van der Waals surface area contributed by atoms with Crippen molar-refractivity contribution in [2.75, 3.05) is 0 Å².